The van der Waals surface area contributed by atoms with Crippen LogP contribution in [0.3, 0.4) is 0 Å². The van der Waals surface area contributed by atoms with Gasteiger partial charge in [-0.2, -0.15) is 0 Å². The summed E-state index contributed by atoms with van der Waals surface area (Å²) in [6, 6.07) is 9.70. The topological polar surface area (TPSA) is 39.2 Å². The SMILES string of the molecule is O=CCCCOc1ccc2ncccc2c1. The summed E-state index contributed by atoms with van der Waals surface area (Å²) < 4.78 is 5.53. The van der Waals surface area contributed by atoms with E-state index in [2.05, 4.69) is 4.98 Å². The van der Waals surface area contributed by atoms with Crippen LogP contribution in [0.15, 0.2) is 36.5 Å². The molecule has 0 bridgehead atoms. The van der Waals surface area contributed by atoms with Gasteiger partial charge in [0.05, 0.1) is 12.1 Å². The summed E-state index contributed by atoms with van der Waals surface area (Å²) in [5.41, 5.74) is 0.961. The summed E-state index contributed by atoms with van der Waals surface area (Å²) in [4.78, 5) is 14.4. The lowest BCUT2D eigenvalue weighted by Gasteiger charge is -2.05. The van der Waals surface area contributed by atoms with Gasteiger partial charge in [-0.1, -0.05) is 6.07 Å². The number of carbonyl (C=O) groups excluding carboxylic acids is 1. The van der Waals surface area contributed by atoms with Gasteiger partial charge in [-0.3, -0.25) is 4.98 Å². The Morgan fingerprint density at radius 2 is 2.25 bits per heavy atom. The van der Waals surface area contributed by atoms with Crippen LogP contribution in [0, 0.1) is 0 Å². The minimum Gasteiger partial charge on any atom is -0.494 e. The maximum atomic E-state index is 10.1. The number of nitrogens with zero attached hydrogens (tertiary/aromatic N) is 1. The van der Waals surface area contributed by atoms with Crippen molar-refractivity contribution in [2.75, 3.05) is 6.61 Å². The zero-order chi connectivity index (χ0) is 11.2. The number of rotatable bonds is 5. The Balaban J connectivity index is 2.05. The third-order valence-corrected chi connectivity index (χ3v) is 2.31. The zero-order valence-corrected chi connectivity index (χ0v) is 8.93. The Morgan fingerprint density at radius 1 is 1.31 bits per heavy atom. The van der Waals surface area contributed by atoms with Crippen LogP contribution in [0.25, 0.3) is 10.9 Å². The molecular formula is C13H13NO2. The molecule has 3 nitrogen and oxygen atoms in total. The van der Waals surface area contributed by atoms with E-state index in [9.17, 15) is 4.79 Å². The molecule has 0 radical (unpaired) electrons. The van der Waals surface area contributed by atoms with E-state index in [0.717, 1.165) is 29.4 Å². The van der Waals surface area contributed by atoms with Crippen molar-refractivity contribution in [2.45, 2.75) is 12.8 Å². The molecule has 0 fully saturated rings. The molecule has 0 N–H and O–H groups in total. The van der Waals surface area contributed by atoms with Crippen LogP contribution in [-0.2, 0) is 4.79 Å². The summed E-state index contributed by atoms with van der Waals surface area (Å²) in [5.74, 6) is 0.825. The highest BCUT2D eigenvalue weighted by molar-refractivity contribution is 5.79. The van der Waals surface area contributed by atoms with Gasteiger partial charge in [-0.25, -0.2) is 0 Å². The average Bonchev–Trinajstić information content (AvgIpc) is 2.34. The van der Waals surface area contributed by atoms with Crippen molar-refractivity contribution < 1.29 is 9.53 Å². The molecule has 0 aliphatic heterocycles. The Hall–Kier alpha value is -1.90. The number of hydrogen-bond acceptors (Lipinski definition) is 3. The van der Waals surface area contributed by atoms with Crippen molar-refractivity contribution in [2.24, 2.45) is 0 Å². The van der Waals surface area contributed by atoms with Crippen molar-refractivity contribution >= 4 is 17.2 Å². The Kier molecular flexibility index (Phi) is 3.49. The van der Waals surface area contributed by atoms with Crippen LogP contribution in [0.4, 0.5) is 0 Å². The number of unbranched alkanes of at least 4 members (excludes halogenated alkanes) is 1. The third-order valence-electron chi connectivity index (χ3n) is 2.31. The van der Waals surface area contributed by atoms with E-state index in [1.807, 2.05) is 30.3 Å². The smallest absolute Gasteiger partial charge is 0.120 e. The molecule has 0 unspecified atom stereocenters. The normalized spacial score (nSPS) is 10.2. The van der Waals surface area contributed by atoms with E-state index in [0.29, 0.717) is 13.0 Å². The molecule has 0 amide bonds. The van der Waals surface area contributed by atoms with Crippen molar-refractivity contribution in [1.29, 1.82) is 0 Å². The van der Waals surface area contributed by atoms with E-state index >= 15 is 0 Å². The maximum absolute atomic E-state index is 10.1. The van der Waals surface area contributed by atoms with Crippen molar-refractivity contribution in [3.05, 3.63) is 36.5 Å². The van der Waals surface area contributed by atoms with Crippen molar-refractivity contribution in [3.8, 4) is 5.75 Å². The van der Waals surface area contributed by atoms with Gasteiger partial charge in [0.1, 0.15) is 12.0 Å². The summed E-state index contributed by atoms with van der Waals surface area (Å²) in [6.07, 6.45) is 3.99. The number of aldehydes is 1. The fraction of sp³-hybridized carbons (Fsp3) is 0.231. The van der Waals surface area contributed by atoms with Crippen molar-refractivity contribution in [3.63, 3.8) is 0 Å². The lowest BCUT2D eigenvalue weighted by Crippen LogP contribution is -1.97. The first-order valence-electron chi connectivity index (χ1n) is 5.31. The molecule has 1 aromatic heterocycles. The summed E-state index contributed by atoms with van der Waals surface area (Å²) >= 11 is 0. The van der Waals surface area contributed by atoms with E-state index in [4.69, 9.17) is 4.74 Å². The van der Waals surface area contributed by atoms with Gasteiger partial charge >= 0.3 is 0 Å². The number of hydrogen-bond donors (Lipinski definition) is 0. The molecule has 16 heavy (non-hydrogen) atoms. The minimum atomic E-state index is 0.551. The van der Waals surface area contributed by atoms with Gasteiger partial charge in [0.15, 0.2) is 0 Å². The van der Waals surface area contributed by atoms with Gasteiger partial charge < -0.3 is 9.53 Å². The van der Waals surface area contributed by atoms with Crippen LogP contribution >= 0.6 is 0 Å². The molecule has 0 saturated heterocycles. The summed E-state index contributed by atoms with van der Waals surface area (Å²) in [5, 5.41) is 1.07. The second-order valence-corrected chi connectivity index (χ2v) is 3.52. The molecule has 0 saturated carbocycles. The molecule has 2 aromatic rings. The highest BCUT2D eigenvalue weighted by Crippen LogP contribution is 2.18. The van der Waals surface area contributed by atoms with Crippen LogP contribution in [-0.4, -0.2) is 17.9 Å². The number of pyridine rings is 1. The van der Waals surface area contributed by atoms with E-state index in [-0.39, 0.29) is 0 Å². The van der Waals surface area contributed by atoms with Crippen LogP contribution in [0.5, 0.6) is 5.75 Å². The lowest BCUT2D eigenvalue weighted by molar-refractivity contribution is -0.108. The van der Waals surface area contributed by atoms with E-state index < -0.39 is 0 Å². The quantitative estimate of drug-likeness (QED) is 0.568. The molecule has 0 aliphatic carbocycles. The fourth-order valence-corrected chi connectivity index (χ4v) is 1.50. The second kappa shape index (κ2) is 5.26. The van der Waals surface area contributed by atoms with Crippen molar-refractivity contribution in [1.82, 2.24) is 4.98 Å². The molecular weight excluding hydrogens is 202 g/mol. The van der Waals surface area contributed by atoms with Crippen LogP contribution < -0.4 is 4.74 Å². The number of fused-ring (bicyclic) bond motifs is 1. The molecule has 1 aromatic carbocycles. The molecule has 0 aliphatic rings. The Morgan fingerprint density at radius 3 is 3.12 bits per heavy atom. The molecule has 0 atom stereocenters. The van der Waals surface area contributed by atoms with E-state index in [1.165, 1.54) is 0 Å². The highest BCUT2D eigenvalue weighted by Gasteiger charge is 1.97. The molecule has 2 rings (SSSR count). The molecule has 1 heterocycles. The number of benzene rings is 1. The average molecular weight is 215 g/mol. The van der Waals surface area contributed by atoms with Crippen LogP contribution in [0.1, 0.15) is 12.8 Å². The molecule has 0 spiro atoms. The monoisotopic (exact) mass is 215 g/mol. The summed E-state index contributed by atoms with van der Waals surface area (Å²) in [7, 11) is 0. The number of ether oxygens (including phenoxy) is 1. The van der Waals surface area contributed by atoms with Gasteiger partial charge in [0, 0.05) is 18.0 Å². The first-order chi connectivity index (χ1) is 7.90. The molecule has 3 heteroatoms. The predicted octanol–water partition coefficient (Wildman–Crippen LogP) is 2.59. The van der Waals surface area contributed by atoms with Gasteiger partial charge in [0.25, 0.3) is 0 Å². The highest BCUT2D eigenvalue weighted by atomic mass is 16.5. The molecule has 82 valence electrons. The fourth-order valence-electron chi connectivity index (χ4n) is 1.50. The maximum Gasteiger partial charge on any atom is 0.120 e. The minimum absolute atomic E-state index is 0.551. The Labute approximate surface area is 94.1 Å². The predicted molar refractivity (Wildman–Crippen MR) is 62.5 cm³/mol. The van der Waals surface area contributed by atoms with Gasteiger partial charge in [0.2, 0.25) is 0 Å². The second-order valence-electron chi connectivity index (χ2n) is 3.52. The Bertz CT molecular complexity index is 482. The van der Waals surface area contributed by atoms with Crippen LogP contribution in [0.2, 0.25) is 0 Å². The zero-order valence-electron chi connectivity index (χ0n) is 8.93. The summed E-state index contributed by atoms with van der Waals surface area (Å²) in [6.45, 7) is 0.574. The first kappa shape index (κ1) is 10.6. The third kappa shape index (κ3) is 2.57. The number of aromatic nitrogens is 1. The van der Waals surface area contributed by atoms with Gasteiger partial charge in [-0.05, 0) is 30.7 Å². The number of carbonyl (C=O) groups is 1. The van der Waals surface area contributed by atoms with Gasteiger partial charge in [-0.15, -0.1) is 0 Å². The van der Waals surface area contributed by atoms with E-state index in [1.54, 1.807) is 6.20 Å². The standard InChI is InChI=1S/C13H13NO2/c15-8-1-2-9-16-12-5-6-13-11(10-12)4-3-7-14-13/h3-8,10H,1-2,9H2. The lowest BCUT2D eigenvalue weighted by atomic mass is 10.2. The largest absolute Gasteiger partial charge is 0.494 e. The first-order valence-corrected chi connectivity index (χ1v) is 5.31.